The molecule has 3 N–H and O–H groups in total. The molecule has 12 heteroatoms. The van der Waals surface area contributed by atoms with E-state index in [9.17, 15) is 18.0 Å². The average molecular weight is 571 g/mol. The first-order valence-corrected chi connectivity index (χ1v) is 11.7. The van der Waals surface area contributed by atoms with Crippen molar-refractivity contribution >= 4 is 71.0 Å². The molecule has 2 aromatic carbocycles. The van der Waals surface area contributed by atoms with Crippen molar-refractivity contribution in [3.05, 3.63) is 55.4 Å². The molecule has 2 rings (SSSR count). The summed E-state index contributed by atoms with van der Waals surface area (Å²) in [6.07, 6.45) is 1.02. The summed E-state index contributed by atoms with van der Waals surface area (Å²) in [5.41, 5.74) is 1.01. The molecule has 2 aromatic rings. The number of anilines is 1. The van der Waals surface area contributed by atoms with Crippen LogP contribution in [0.2, 0.25) is 5.02 Å². The molecule has 29 heavy (non-hydrogen) atoms. The predicted molar refractivity (Wildman–Crippen MR) is 116 cm³/mol. The van der Waals surface area contributed by atoms with Gasteiger partial charge in [-0.15, -0.1) is 0 Å². The van der Waals surface area contributed by atoms with Gasteiger partial charge in [-0.2, -0.15) is 0 Å². The van der Waals surface area contributed by atoms with Crippen LogP contribution in [0.4, 0.5) is 5.69 Å². The number of carbonyl (C=O) groups excluding carboxylic acids is 1. The third-order valence-electron chi connectivity index (χ3n) is 3.41. The van der Waals surface area contributed by atoms with E-state index in [1.165, 1.54) is 18.2 Å². The Kier molecular flexibility index (Phi) is 7.92. The Morgan fingerprint density at radius 2 is 1.83 bits per heavy atom. The van der Waals surface area contributed by atoms with E-state index in [1.807, 2.05) is 0 Å². The van der Waals surface area contributed by atoms with Crippen molar-refractivity contribution in [2.75, 3.05) is 17.5 Å². The number of aliphatic carboxylic acids is 1. The van der Waals surface area contributed by atoms with Crippen molar-refractivity contribution < 1.29 is 27.9 Å². The lowest BCUT2D eigenvalue weighted by Gasteiger charge is -2.14. The van der Waals surface area contributed by atoms with Crippen molar-refractivity contribution in [1.29, 1.82) is 0 Å². The molecule has 0 aliphatic heterocycles. The first-order valence-electron chi connectivity index (χ1n) is 7.85. The van der Waals surface area contributed by atoms with Crippen LogP contribution in [0.3, 0.4) is 0 Å². The van der Waals surface area contributed by atoms with Gasteiger partial charge in [-0.3, -0.25) is 14.3 Å². The summed E-state index contributed by atoms with van der Waals surface area (Å²) < 4.78 is 31.9. The second-order valence-corrected chi connectivity index (χ2v) is 9.62. The van der Waals surface area contributed by atoms with E-state index in [0.29, 0.717) is 20.3 Å². The van der Waals surface area contributed by atoms with Crippen LogP contribution in [0, 0.1) is 0 Å². The van der Waals surface area contributed by atoms with Crippen LogP contribution < -0.4 is 14.8 Å². The fraction of sp³-hybridized carbons (Fsp3) is 0.176. The van der Waals surface area contributed by atoms with Gasteiger partial charge < -0.3 is 15.2 Å². The van der Waals surface area contributed by atoms with Gasteiger partial charge >= 0.3 is 5.97 Å². The normalized spacial score (nSPS) is 11.0. The highest BCUT2D eigenvalue weighted by Gasteiger charge is 2.16. The van der Waals surface area contributed by atoms with E-state index in [-0.39, 0.29) is 22.9 Å². The molecule has 0 spiro atoms. The Hall–Kier alpha value is -1.82. The van der Waals surface area contributed by atoms with Gasteiger partial charge in [0.1, 0.15) is 18.9 Å². The Balaban J connectivity index is 2.18. The number of benzene rings is 2. The number of carboxylic acid groups (broad SMARTS) is 1. The molecule has 0 aliphatic carbocycles. The molecule has 0 radical (unpaired) electrons. The summed E-state index contributed by atoms with van der Waals surface area (Å²) >= 11 is 12.9. The number of carbonyl (C=O) groups is 2. The van der Waals surface area contributed by atoms with Gasteiger partial charge in [0.15, 0.2) is 0 Å². The lowest BCUT2D eigenvalue weighted by Crippen LogP contribution is -2.29. The number of carboxylic acids is 1. The maximum atomic E-state index is 12.0. The van der Waals surface area contributed by atoms with E-state index in [4.69, 9.17) is 21.4 Å². The third-order valence-corrected chi connectivity index (χ3v) is 5.62. The topological polar surface area (TPSA) is 122 Å². The van der Waals surface area contributed by atoms with E-state index in [0.717, 1.165) is 6.26 Å². The Morgan fingerprint density at radius 3 is 2.38 bits per heavy atom. The van der Waals surface area contributed by atoms with Gasteiger partial charge in [-0.25, -0.2) is 8.42 Å². The lowest BCUT2D eigenvalue weighted by molar-refractivity contribution is -0.135. The van der Waals surface area contributed by atoms with Crippen LogP contribution in [0.25, 0.3) is 0 Å². The van der Waals surface area contributed by atoms with Crippen LogP contribution in [-0.2, 0) is 21.4 Å². The number of hydrogen-bond donors (Lipinski definition) is 3. The molecule has 0 atom stereocenters. The molecule has 8 nitrogen and oxygen atoms in total. The Bertz CT molecular complexity index is 1040. The van der Waals surface area contributed by atoms with E-state index < -0.39 is 28.4 Å². The number of rotatable bonds is 8. The zero-order chi connectivity index (χ0) is 21.8. The molecule has 1 amide bonds. The number of nitrogens with one attached hydrogen (secondary N) is 2. The van der Waals surface area contributed by atoms with E-state index >= 15 is 0 Å². The van der Waals surface area contributed by atoms with Crippen LogP contribution >= 0.6 is 43.5 Å². The summed E-state index contributed by atoms with van der Waals surface area (Å²) in [5.74, 6) is -1.32. The maximum absolute atomic E-state index is 12.0. The van der Waals surface area contributed by atoms with Crippen molar-refractivity contribution in [3.8, 4) is 5.75 Å². The van der Waals surface area contributed by atoms with Crippen LogP contribution in [-0.4, -0.2) is 38.2 Å². The molecule has 0 unspecified atom stereocenters. The van der Waals surface area contributed by atoms with E-state index in [1.54, 1.807) is 12.1 Å². The van der Waals surface area contributed by atoms with Crippen LogP contribution in [0.1, 0.15) is 15.9 Å². The molecule has 0 fully saturated rings. The lowest BCUT2D eigenvalue weighted by atomic mass is 10.2. The molecule has 0 saturated carbocycles. The summed E-state index contributed by atoms with van der Waals surface area (Å²) in [5, 5.41) is 11.1. The summed E-state index contributed by atoms with van der Waals surface area (Å²) in [6, 6.07) is 7.83. The molecule has 0 aliphatic rings. The maximum Gasteiger partial charge on any atom is 0.322 e. The minimum Gasteiger partial charge on any atom is -0.486 e. The molecule has 156 valence electrons. The largest absolute Gasteiger partial charge is 0.486 e. The number of ether oxygens (including phenoxy) is 1. The highest BCUT2D eigenvalue weighted by Crippen LogP contribution is 2.36. The van der Waals surface area contributed by atoms with Crippen molar-refractivity contribution in [2.45, 2.75) is 6.61 Å². The van der Waals surface area contributed by atoms with Crippen LogP contribution in [0.5, 0.6) is 5.75 Å². The van der Waals surface area contributed by atoms with Crippen LogP contribution in [0.15, 0.2) is 39.3 Å². The van der Waals surface area contributed by atoms with Gasteiger partial charge in [0.05, 0.1) is 25.9 Å². The van der Waals surface area contributed by atoms with E-state index in [2.05, 4.69) is 41.9 Å². The second-order valence-electron chi connectivity index (χ2n) is 5.79. The summed E-state index contributed by atoms with van der Waals surface area (Å²) in [4.78, 5) is 22.6. The predicted octanol–water partition coefficient (Wildman–Crippen LogP) is 3.63. The molecular formula is C17H15Br2ClN2O6S. The smallest absolute Gasteiger partial charge is 0.322 e. The first kappa shape index (κ1) is 23.5. The summed E-state index contributed by atoms with van der Waals surface area (Å²) in [7, 11) is -3.48. The van der Waals surface area contributed by atoms with Gasteiger partial charge in [0.25, 0.3) is 5.91 Å². The molecular weight excluding hydrogens is 556 g/mol. The first-order chi connectivity index (χ1) is 13.5. The molecule has 0 saturated heterocycles. The SMILES string of the molecule is CS(=O)(=O)Nc1cccc(COc2c(Br)cc(C(=O)NCC(=O)O)cc2Br)c1Cl. The number of sulfonamides is 1. The average Bonchev–Trinajstić information content (AvgIpc) is 2.60. The van der Waals surface area contributed by atoms with Crippen molar-refractivity contribution in [2.24, 2.45) is 0 Å². The third kappa shape index (κ3) is 6.88. The van der Waals surface area contributed by atoms with Gasteiger partial charge in [-0.1, -0.05) is 23.7 Å². The highest BCUT2D eigenvalue weighted by molar-refractivity contribution is 9.11. The van der Waals surface area contributed by atoms with Gasteiger partial charge in [0.2, 0.25) is 10.0 Å². The van der Waals surface area contributed by atoms with Gasteiger partial charge in [-0.05, 0) is 50.1 Å². The molecule has 0 aromatic heterocycles. The second kappa shape index (κ2) is 9.79. The van der Waals surface area contributed by atoms with Crippen molar-refractivity contribution in [1.82, 2.24) is 5.32 Å². The number of amides is 1. The Morgan fingerprint density at radius 1 is 1.21 bits per heavy atom. The monoisotopic (exact) mass is 568 g/mol. The number of halogens is 3. The molecule has 0 heterocycles. The number of hydrogen-bond acceptors (Lipinski definition) is 5. The van der Waals surface area contributed by atoms with Gasteiger partial charge in [0, 0.05) is 11.1 Å². The zero-order valence-corrected chi connectivity index (χ0v) is 19.6. The minimum atomic E-state index is -3.48. The highest BCUT2D eigenvalue weighted by atomic mass is 79.9. The zero-order valence-electron chi connectivity index (χ0n) is 14.8. The molecule has 0 bridgehead atoms. The Labute approximate surface area is 188 Å². The van der Waals surface area contributed by atoms with Crippen molar-refractivity contribution in [3.63, 3.8) is 0 Å². The summed E-state index contributed by atoms with van der Waals surface area (Å²) in [6.45, 7) is -0.470. The fourth-order valence-corrected chi connectivity index (χ4v) is 4.48. The quantitative estimate of drug-likeness (QED) is 0.446. The fourth-order valence-electron chi connectivity index (χ4n) is 2.21. The standard InChI is InChI=1S/C17H15Br2ClN2O6S/c1-29(26,27)22-13-4-2-3-9(15(13)20)8-28-16-11(18)5-10(6-12(16)19)17(25)21-7-14(23)24/h2-6,22H,7-8H2,1H3,(H,21,25)(H,23,24). The minimum absolute atomic E-state index is 0.0277.